The molecule has 0 aliphatic rings. The van der Waals surface area contributed by atoms with E-state index in [-0.39, 0.29) is 5.76 Å². The van der Waals surface area contributed by atoms with Crippen LogP contribution in [-0.2, 0) is 11.3 Å². The van der Waals surface area contributed by atoms with Crippen LogP contribution in [0.2, 0.25) is 0 Å². The van der Waals surface area contributed by atoms with Gasteiger partial charge in [0.25, 0.3) is 0 Å². The molecule has 3 aromatic rings. The molecule has 0 N–H and O–H groups in total. The number of carbonyl (C=O) groups excluding carboxylic acids is 2. The van der Waals surface area contributed by atoms with Crippen LogP contribution < -0.4 is 0 Å². The van der Waals surface area contributed by atoms with Gasteiger partial charge in [0.05, 0.1) is 13.7 Å². The molecular weight excluding hydrogens is 272 g/mol. The van der Waals surface area contributed by atoms with Crippen LogP contribution in [0, 0.1) is 0 Å². The summed E-state index contributed by atoms with van der Waals surface area (Å²) in [5, 5.41) is 4.92. The number of hydrogen-bond acceptors (Lipinski definition) is 5. The van der Waals surface area contributed by atoms with E-state index in [4.69, 9.17) is 4.42 Å². The molecule has 2 heterocycles. The molecule has 1 aromatic carbocycles. The van der Waals surface area contributed by atoms with E-state index >= 15 is 0 Å². The average Bonchev–Trinajstić information content (AvgIpc) is 3.12. The van der Waals surface area contributed by atoms with Gasteiger partial charge in [-0.3, -0.25) is 9.48 Å². The van der Waals surface area contributed by atoms with Gasteiger partial charge in [0, 0.05) is 11.6 Å². The molecule has 2 aromatic heterocycles. The SMILES string of the molecule is COC(=O)c1cc2cc(Cn3ccc(C=O)n3)ccc2o1. The lowest BCUT2D eigenvalue weighted by Crippen LogP contribution is -2.00. The molecule has 106 valence electrons. The summed E-state index contributed by atoms with van der Waals surface area (Å²) in [7, 11) is 1.31. The van der Waals surface area contributed by atoms with Crippen molar-refractivity contribution in [1.29, 1.82) is 0 Å². The summed E-state index contributed by atoms with van der Waals surface area (Å²) < 4.78 is 11.7. The van der Waals surface area contributed by atoms with Crippen molar-refractivity contribution in [2.24, 2.45) is 0 Å². The van der Waals surface area contributed by atoms with Crippen molar-refractivity contribution < 1.29 is 18.7 Å². The quantitative estimate of drug-likeness (QED) is 0.542. The van der Waals surface area contributed by atoms with Crippen LogP contribution in [0.3, 0.4) is 0 Å². The molecule has 0 saturated carbocycles. The van der Waals surface area contributed by atoms with Gasteiger partial charge in [-0.1, -0.05) is 6.07 Å². The number of carbonyl (C=O) groups is 2. The Bertz CT molecular complexity index is 816. The normalized spacial score (nSPS) is 10.7. The molecule has 6 heteroatoms. The van der Waals surface area contributed by atoms with E-state index in [0.29, 0.717) is 24.1 Å². The summed E-state index contributed by atoms with van der Waals surface area (Å²) in [6.45, 7) is 0.530. The molecule has 0 unspecified atom stereocenters. The number of benzene rings is 1. The lowest BCUT2D eigenvalue weighted by atomic mass is 10.1. The number of hydrogen-bond donors (Lipinski definition) is 0. The van der Waals surface area contributed by atoms with Gasteiger partial charge in [0.15, 0.2) is 6.29 Å². The Morgan fingerprint density at radius 2 is 2.24 bits per heavy atom. The number of aldehydes is 1. The minimum atomic E-state index is -0.504. The van der Waals surface area contributed by atoms with Crippen molar-refractivity contribution in [3.8, 4) is 0 Å². The third-order valence-corrected chi connectivity index (χ3v) is 3.09. The van der Waals surface area contributed by atoms with Crippen LogP contribution in [-0.4, -0.2) is 29.1 Å². The number of nitrogens with zero attached hydrogens (tertiary/aromatic N) is 2. The summed E-state index contributed by atoms with van der Waals surface area (Å²) in [4.78, 5) is 22.0. The predicted molar refractivity (Wildman–Crippen MR) is 74.3 cm³/mol. The van der Waals surface area contributed by atoms with E-state index in [2.05, 4.69) is 9.84 Å². The van der Waals surface area contributed by atoms with Crippen LogP contribution in [0.1, 0.15) is 26.6 Å². The van der Waals surface area contributed by atoms with Crippen LogP contribution in [0.5, 0.6) is 0 Å². The Labute approximate surface area is 119 Å². The van der Waals surface area contributed by atoms with Crippen LogP contribution in [0.25, 0.3) is 11.0 Å². The molecule has 0 aliphatic heterocycles. The monoisotopic (exact) mass is 284 g/mol. The summed E-state index contributed by atoms with van der Waals surface area (Å²) in [6.07, 6.45) is 2.45. The van der Waals surface area contributed by atoms with Gasteiger partial charge in [-0.15, -0.1) is 0 Å². The van der Waals surface area contributed by atoms with E-state index < -0.39 is 5.97 Å². The van der Waals surface area contributed by atoms with Crippen molar-refractivity contribution >= 4 is 23.2 Å². The fourth-order valence-electron chi connectivity index (χ4n) is 2.11. The maximum absolute atomic E-state index is 11.4. The lowest BCUT2D eigenvalue weighted by Gasteiger charge is -2.01. The second-order valence-electron chi connectivity index (χ2n) is 4.53. The molecule has 0 atom stereocenters. The predicted octanol–water partition coefficient (Wildman–Crippen LogP) is 2.28. The molecule has 6 nitrogen and oxygen atoms in total. The number of rotatable bonds is 4. The third-order valence-electron chi connectivity index (χ3n) is 3.09. The first-order valence-electron chi connectivity index (χ1n) is 6.29. The molecule has 0 spiro atoms. The standard InChI is InChI=1S/C15H12N2O4/c1-20-15(19)14-7-11-6-10(2-3-13(11)21-14)8-17-5-4-12(9-18)16-17/h2-7,9H,8H2,1H3. The van der Waals surface area contributed by atoms with Gasteiger partial charge in [-0.25, -0.2) is 4.79 Å². The van der Waals surface area contributed by atoms with Gasteiger partial charge >= 0.3 is 5.97 Å². The van der Waals surface area contributed by atoms with E-state index in [1.165, 1.54) is 7.11 Å². The van der Waals surface area contributed by atoms with Crippen molar-refractivity contribution in [1.82, 2.24) is 9.78 Å². The van der Waals surface area contributed by atoms with E-state index in [1.54, 1.807) is 29.1 Å². The van der Waals surface area contributed by atoms with Crippen molar-refractivity contribution in [2.45, 2.75) is 6.54 Å². The highest BCUT2D eigenvalue weighted by molar-refractivity contribution is 5.92. The van der Waals surface area contributed by atoms with Crippen LogP contribution in [0.4, 0.5) is 0 Å². The Kier molecular flexibility index (Phi) is 3.27. The number of ether oxygens (including phenoxy) is 1. The van der Waals surface area contributed by atoms with Gasteiger partial charge in [-0.05, 0) is 29.8 Å². The first kappa shape index (κ1) is 13.1. The smallest absolute Gasteiger partial charge is 0.373 e. The van der Waals surface area contributed by atoms with E-state index in [1.807, 2.05) is 12.1 Å². The first-order valence-corrected chi connectivity index (χ1v) is 6.29. The summed E-state index contributed by atoms with van der Waals surface area (Å²) in [5.74, 6) is -0.331. The Hall–Kier alpha value is -2.89. The topological polar surface area (TPSA) is 74.3 Å². The van der Waals surface area contributed by atoms with Crippen molar-refractivity contribution in [3.05, 3.63) is 53.5 Å². The first-order chi connectivity index (χ1) is 10.2. The lowest BCUT2D eigenvalue weighted by molar-refractivity contribution is 0.0567. The number of fused-ring (bicyclic) bond motifs is 1. The Morgan fingerprint density at radius 3 is 2.95 bits per heavy atom. The summed E-state index contributed by atoms with van der Waals surface area (Å²) in [6, 6.07) is 8.88. The highest BCUT2D eigenvalue weighted by atomic mass is 16.5. The molecule has 0 radical (unpaired) electrons. The largest absolute Gasteiger partial charge is 0.463 e. The fourth-order valence-corrected chi connectivity index (χ4v) is 2.11. The second kappa shape index (κ2) is 5.24. The number of esters is 1. The molecular formula is C15H12N2O4. The van der Waals surface area contributed by atoms with E-state index in [0.717, 1.165) is 10.9 Å². The molecule has 21 heavy (non-hydrogen) atoms. The minimum absolute atomic E-state index is 0.173. The molecule has 0 saturated heterocycles. The van der Waals surface area contributed by atoms with Gasteiger partial charge in [0.1, 0.15) is 11.3 Å². The Balaban J connectivity index is 1.89. The minimum Gasteiger partial charge on any atom is -0.463 e. The van der Waals surface area contributed by atoms with Gasteiger partial charge in [-0.2, -0.15) is 5.10 Å². The fraction of sp³-hybridized carbons (Fsp3) is 0.133. The molecule has 0 fully saturated rings. The average molecular weight is 284 g/mol. The number of methoxy groups -OCH3 is 1. The zero-order chi connectivity index (χ0) is 14.8. The van der Waals surface area contributed by atoms with Gasteiger partial charge in [0.2, 0.25) is 5.76 Å². The molecule has 3 rings (SSSR count). The van der Waals surface area contributed by atoms with E-state index in [9.17, 15) is 9.59 Å². The van der Waals surface area contributed by atoms with Gasteiger partial charge < -0.3 is 9.15 Å². The van der Waals surface area contributed by atoms with Crippen LogP contribution in [0.15, 0.2) is 40.9 Å². The maximum atomic E-state index is 11.4. The highest BCUT2D eigenvalue weighted by Gasteiger charge is 2.12. The second-order valence-corrected chi connectivity index (χ2v) is 4.53. The zero-order valence-corrected chi connectivity index (χ0v) is 11.3. The summed E-state index contributed by atoms with van der Waals surface area (Å²) >= 11 is 0. The molecule has 0 bridgehead atoms. The summed E-state index contributed by atoms with van der Waals surface area (Å²) in [5.41, 5.74) is 2.00. The number of furan rings is 1. The maximum Gasteiger partial charge on any atom is 0.373 e. The van der Waals surface area contributed by atoms with Crippen molar-refractivity contribution in [3.63, 3.8) is 0 Å². The third kappa shape index (κ3) is 2.55. The van der Waals surface area contributed by atoms with Crippen LogP contribution >= 0.6 is 0 Å². The Morgan fingerprint density at radius 1 is 1.38 bits per heavy atom. The van der Waals surface area contributed by atoms with Crippen molar-refractivity contribution in [2.75, 3.05) is 7.11 Å². The molecule has 0 amide bonds. The molecule has 0 aliphatic carbocycles. The zero-order valence-electron chi connectivity index (χ0n) is 11.3. The number of aromatic nitrogens is 2. The highest BCUT2D eigenvalue weighted by Crippen LogP contribution is 2.21.